The normalized spacial score (nSPS) is 53.0. The van der Waals surface area contributed by atoms with Crippen molar-refractivity contribution in [2.75, 3.05) is 0 Å². The lowest BCUT2D eigenvalue weighted by molar-refractivity contribution is -0.166. The third-order valence-electron chi connectivity index (χ3n) is 8.72. The molecule has 3 fully saturated rings. The zero-order valence-electron chi connectivity index (χ0n) is 16.1. The smallest absolute Gasteiger partial charge is 0.332 e. The molecule has 6 heteroatoms. The summed E-state index contributed by atoms with van der Waals surface area (Å²) >= 11 is 0. The first-order chi connectivity index (χ1) is 12.6. The van der Waals surface area contributed by atoms with Gasteiger partial charge in [0.05, 0.1) is 18.3 Å². The molecule has 5 N–H and O–H groups in total. The number of allylic oxidation sites excluding steroid dienone is 1. The summed E-state index contributed by atoms with van der Waals surface area (Å²) in [7, 11) is 0. The standard InChI is InChI=1S/C21H32O6/c1-20-6-5-11(22)7-10(20)3-4-12-13-8-14(23)17(18(25)19(26)27)21(13,2)9-15(24)16(12)20/h7,11-18,22-25H,3-6,8-9H2,1-2H3,(H,26,27)/t11?,12-,13-,14+,15-,16+,17+,18-,20-,21-/m0/s1. The lowest BCUT2D eigenvalue weighted by atomic mass is 9.45. The summed E-state index contributed by atoms with van der Waals surface area (Å²) in [5.74, 6) is -1.73. The van der Waals surface area contributed by atoms with Gasteiger partial charge in [-0.15, -0.1) is 0 Å². The van der Waals surface area contributed by atoms with Crippen molar-refractivity contribution < 1.29 is 30.3 Å². The Balaban J connectivity index is 1.71. The van der Waals surface area contributed by atoms with Crippen LogP contribution in [0.5, 0.6) is 0 Å². The fourth-order valence-electron chi connectivity index (χ4n) is 7.62. The maximum absolute atomic E-state index is 11.4. The number of fused-ring (bicyclic) bond motifs is 5. The molecule has 0 heterocycles. The maximum Gasteiger partial charge on any atom is 0.332 e. The van der Waals surface area contributed by atoms with Crippen LogP contribution >= 0.6 is 0 Å². The van der Waals surface area contributed by atoms with E-state index in [1.807, 2.05) is 13.0 Å². The van der Waals surface area contributed by atoms with E-state index in [-0.39, 0.29) is 23.2 Å². The van der Waals surface area contributed by atoms with E-state index in [2.05, 4.69) is 6.92 Å². The predicted octanol–water partition coefficient (Wildman–Crippen LogP) is 1.31. The van der Waals surface area contributed by atoms with Crippen molar-refractivity contribution in [2.45, 2.75) is 76.8 Å². The highest BCUT2D eigenvalue weighted by atomic mass is 16.4. The van der Waals surface area contributed by atoms with Crippen molar-refractivity contribution in [1.82, 2.24) is 0 Å². The number of aliphatic hydroxyl groups excluding tert-OH is 4. The van der Waals surface area contributed by atoms with Gasteiger partial charge >= 0.3 is 5.97 Å². The van der Waals surface area contributed by atoms with Crippen molar-refractivity contribution in [1.29, 1.82) is 0 Å². The molecule has 4 rings (SSSR count). The fraction of sp³-hybridized carbons (Fsp3) is 0.857. The van der Waals surface area contributed by atoms with E-state index in [1.165, 1.54) is 5.57 Å². The van der Waals surface area contributed by atoms with Crippen molar-refractivity contribution in [3.05, 3.63) is 11.6 Å². The zero-order valence-corrected chi connectivity index (χ0v) is 16.1. The molecule has 10 atom stereocenters. The van der Waals surface area contributed by atoms with Crippen LogP contribution in [0.3, 0.4) is 0 Å². The predicted molar refractivity (Wildman–Crippen MR) is 97.6 cm³/mol. The van der Waals surface area contributed by atoms with E-state index in [0.717, 1.165) is 19.3 Å². The van der Waals surface area contributed by atoms with Gasteiger partial charge in [0.15, 0.2) is 6.10 Å². The number of carbonyl (C=O) groups is 1. The fourth-order valence-corrected chi connectivity index (χ4v) is 7.62. The summed E-state index contributed by atoms with van der Waals surface area (Å²) in [5.41, 5.74) is 0.492. The number of hydrogen-bond donors (Lipinski definition) is 5. The van der Waals surface area contributed by atoms with Crippen molar-refractivity contribution in [3.63, 3.8) is 0 Å². The topological polar surface area (TPSA) is 118 Å². The molecule has 0 aromatic heterocycles. The van der Waals surface area contributed by atoms with Crippen LogP contribution in [0.25, 0.3) is 0 Å². The second kappa shape index (κ2) is 6.28. The van der Waals surface area contributed by atoms with Crippen LogP contribution in [0.15, 0.2) is 11.6 Å². The molecule has 4 aliphatic rings. The van der Waals surface area contributed by atoms with E-state index >= 15 is 0 Å². The minimum atomic E-state index is -1.61. The molecule has 3 saturated carbocycles. The van der Waals surface area contributed by atoms with Crippen molar-refractivity contribution >= 4 is 5.97 Å². The zero-order chi connectivity index (χ0) is 19.7. The quantitative estimate of drug-likeness (QED) is 0.461. The molecule has 0 aromatic rings. The molecule has 0 aliphatic heterocycles. The molecule has 152 valence electrons. The molecular formula is C21H32O6. The third kappa shape index (κ3) is 2.64. The largest absolute Gasteiger partial charge is 0.479 e. The van der Waals surface area contributed by atoms with Crippen LogP contribution < -0.4 is 0 Å². The summed E-state index contributed by atoms with van der Waals surface area (Å²) in [4.78, 5) is 11.4. The first-order valence-corrected chi connectivity index (χ1v) is 10.3. The highest BCUT2D eigenvalue weighted by Crippen LogP contribution is 2.67. The molecule has 0 amide bonds. The highest BCUT2D eigenvalue weighted by Gasteiger charge is 2.65. The van der Waals surface area contributed by atoms with Crippen molar-refractivity contribution in [2.24, 2.45) is 34.5 Å². The molecule has 4 aliphatic carbocycles. The van der Waals surface area contributed by atoms with Gasteiger partial charge in [0.2, 0.25) is 0 Å². The van der Waals surface area contributed by atoms with Gasteiger partial charge in [0, 0.05) is 5.92 Å². The number of aliphatic hydroxyl groups is 4. The molecule has 6 nitrogen and oxygen atoms in total. The van der Waals surface area contributed by atoms with Gasteiger partial charge in [0.1, 0.15) is 0 Å². The van der Waals surface area contributed by atoms with Gasteiger partial charge in [-0.3, -0.25) is 0 Å². The third-order valence-corrected chi connectivity index (χ3v) is 8.72. The molecule has 27 heavy (non-hydrogen) atoms. The summed E-state index contributed by atoms with van der Waals surface area (Å²) in [6.45, 7) is 4.14. The van der Waals surface area contributed by atoms with Crippen LogP contribution in [-0.4, -0.2) is 55.9 Å². The monoisotopic (exact) mass is 380 g/mol. The Morgan fingerprint density at radius 3 is 2.56 bits per heavy atom. The molecule has 1 unspecified atom stereocenters. The summed E-state index contributed by atoms with van der Waals surface area (Å²) < 4.78 is 0. The minimum absolute atomic E-state index is 0.0518. The highest BCUT2D eigenvalue weighted by molar-refractivity contribution is 5.72. The lowest BCUT2D eigenvalue weighted by Crippen LogP contribution is -2.58. The van der Waals surface area contributed by atoms with Crippen molar-refractivity contribution in [3.8, 4) is 0 Å². The SMILES string of the molecule is C[C@]12C[C@H](O)[C@H]3[C@@H](CCC4=CC(O)CC[C@@]43C)[C@@H]1C[C@@H](O)[C@@H]2[C@H](O)C(=O)O. The summed E-state index contributed by atoms with van der Waals surface area (Å²) in [5, 5.41) is 51.5. The molecular weight excluding hydrogens is 348 g/mol. The molecule has 0 bridgehead atoms. The number of aliphatic carboxylic acids is 1. The van der Waals surface area contributed by atoms with Crippen LogP contribution in [0, 0.1) is 34.5 Å². The lowest BCUT2D eigenvalue weighted by Gasteiger charge is -2.60. The van der Waals surface area contributed by atoms with Gasteiger partial charge in [-0.2, -0.15) is 0 Å². The first kappa shape index (κ1) is 19.4. The van der Waals surface area contributed by atoms with Crippen LogP contribution in [0.4, 0.5) is 0 Å². The molecule has 0 radical (unpaired) electrons. The Hall–Kier alpha value is -0.950. The van der Waals surface area contributed by atoms with Gasteiger partial charge in [0.25, 0.3) is 0 Å². The summed E-state index contributed by atoms with van der Waals surface area (Å²) in [6, 6.07) is 0. The van der Waals surface area contributed by atoms with Crippen LogP contribution in [-0.2, 0) is 4.79 Å². The number of hydrogen-bond acceptors (Lipinski definition) is 5. The molecule has 0 saturated heterocycles. The molecule has 0 spiro atoms. The van der Waals surface area contributed by atoms with Gasteiger partial charge < -0.3 is 25.5 Å². The van der Waals surface area contributed by atoms with E-state index in [1.54, 1.807) is 0 Å². The average molecular weight is 380 g/mol. The van der Waals surface area contributed by atoms with Gasteiger partial charge in [-0.1, -0.05) is 25.5 Å². The second-order valence-corrected chi connectivity index (χ2v) is 9.94. The summed E-state index contributed by atoms with van der Waals surface area (Å²) in [6.07, 6.45) is 2.65. The number of rotatable bonds is 2. The van der Waals surface area contributed by atoms with E-state index in [0.29, 0.717) is 19.3 Å². The second-order valence-electron chi connectivity index (χ2n) is 9.94. The maximum atomic E-state index is 11.4. The minimum Gasteiger partial charge on any atom is -0.479 e. The van der Waals surface area contributed by atoms with Gasteiger partial charge in [-0.25, -0.2) is 4.79 Å². The van der Waals surface area contributed by atoms with E-state index in [9.17, 15) is 30.3 Å². The Kier molecular flexibility index (Phi) is 4.50. The van der Waals surface area contributed by atoms with E-state index in [4.69, 9.17) is 0 Å². The first-order valence-electron chi connectivity index (χ1n) is 10.3. The Bertz CT molecular complexity index is 661. The Morgan fingerprint density at radius 1 is 1.19 bits per heavy atom. The average Bonchev–Trinajstić information content (AvgIpc) is 2.84. The number of carboxylic acid groups (broad SMARTS) is 1. The van der Waals surface area contributed by atoms with Gasteiger partial charge in [-0.05, 0) is 67.1 Å². The Labute approximate surface area is 159 Å². The molecule has 0 aromatic carbocycles. The van der Waals surface area contributed by atoms with Crippen LogP contribution in [0.2, 0.25) is 0 Å². The number of carboxylic acids is 1. The van der Waals surface area contributed by atoms with E-state index < -0.39 is 41.7 Å². The van der Waals surface area contributed by atoms with Crippen LogP contribution in [0.1, 0.15) is 52.4 Å². The Morgan fingerprint density at radius 2 is 1.89 bits per heavy atom.